The minimum atomic E-state index is -0.122. The Morgan fingerprint density at radius 3 is 2.62 bits per heavy atom. The van der Waals surface area contributed by atoms with Crippen molar-refractivity contribution in [1.29, 1.82) is 0 Å². The van der Waals surface area contributed by atoms with E-state index in [4.69, 9.17) is 0 Å². The van der Waals surface area contributed by atoms with E-state index >= 15 is 0 Å². The van der Waals surface area contributed by atoms with Crippen LogP contribution in [0.25, 0.3) is 0 Å². The van der Waals surface area contributed by atoms with Crippen molar-refractivity contribution in [2.45, 2.75) is 20.8 Å². The molecule has 0 aliphatic heterocycles. The molecule has 2 heteroatoms. The Morgan fingerprint density at radius 2 is 2.15 bits per heavy atom. The summed E-state index contributed by atoms with van der Waals surface area (Å²) >= 11 is 0. The molecule has 0 aromatic carbocycles. The van der Waals surface area contributed by atoms with E-state index in [-0.39, 0.29) is 5.78 Å². The molecule has 0 spiro atoms. The number of nitrogens with zero attached hydrogens (tertiary/aromatic N) is 1. The van der Waals surface area contributed by atoms with Gasteiger partial charge in [0.05, 0.1) is 0 Å². The maximum Gasteiger partial charge on any atom is 0.203 e. The molecule has 1 heterocycles. The summed E-state index contributed by atoms with van der Waals surface area (Å²) in [5.41, 5.74) is 1.37. The van der Waals surface area contributed by atoms with Gasteiger partial charge in [0.1, 0.15) is 5.69 Å². The smallest absolute Gasteiger partial charge is 0.203 e. The summed E-state index contributed by atoms with van der Waals surface area (Å²) in [6, 6.07) is 3.65. The highest BCUT2D eigenvalue weighted by atomic mass is 16.1. The van der Waals surface area contributed by atoms with Gasteiger partial charge >= 0.3 is 0 Å². The molecule has 0 amide bonds. The van der Waals surface area contributed by atoms with Crippen LogP contribution in [0.3, 0.4) is 0 Å². The molecule has 2 nitrogen and oxygen atoms in total. The normalized spacial score (nSPS) is 8.23. The molecule has 13 heavy (non-hydrogen) atoms. The van der Waals surface area contributed by atoms with Crippen LogP contribution in [-0.4, -0.2) is 10.8 Å². The molecule has 0 unspecified atom stereocenters. The van der Waals surface area contributed by atoms with Crippen molar-refractivity contribution in [2.24, 2.45) is 0 Å². The second-order valence-electron chi connectivity index (χ2n) is 2.24. The molecule has 0 bridgehead atoms. The molecule has 0 saturated carbocycles. The average Bonchev–Trinajstić information content (AvgIpc) is 2.20. The molecular weight excluding hydrogens is 162 g/mol. The van der Waals surface area contributed by atoms with Crippen LogP contribution in [0.4, 0.5) is 0 Å². The molecule has 0 radical (unpaired) electrons. The fourth-order valence-corrected chi connectivity index (χ4v) is 0.840. The number of ketones is 1. The van der Waals surface area contributed by atoms with Crippen LogP contribution in [0.15, 0.2) is 31.0 Å². The lowest BCUT2D eigenvalue weighted by atomic mass is 10.1. The molecule has 0 aliphatic carbocycles. The van der Waals surface area contributed by atoms with Crippen molar-refractivity contribution >= 4 is 5.78 Å². The van der Waals surface area contributed by atoms with Gasteiger partial charge in [0.2, 0.25) is 5.78 Å². The van der Waals surface area contributed by atoms with E-state index in [1.807, 2.05) is 26.8 Å². The van der Waals surface area contributed by atoms with Crippen LogP contribution in [-0.2, 0) is 0 Å². The Hall–Kier alpha value is -1.44. The number of hydrogen-bond acceptors (Lipinski definition) is 2. The molecule has 70 valence electrons. The third kappa shape index (κ3) is 3.20. The van der Waals surface area contributed by atoms with Gasteiger partial charge in [-0.1, -0.05) is 26.5 Å². The van der Waals surface area contributed by atoms with Gasteiger partial charge in [-0.3, -0.25) is 9.78 Å². The van der Waals surface area contributed by atoms with Crippen molar-refractivity contribution in [1.82, 2.24) is 4.98 Å². The Bertz CT molecular complexity index is 292. The Kier molecular flexibility index (Phi) is 5.44. The zero-order chi connectivity index (χ0) is 10.3. The van der Waals surface area contributed by atoms with Crippen molar-refractivity contribution < 1.29 is 4.79 Å². The zero-order valence-electron chi connectivity index (χ0n) is 8.37. The number of allylic oxidation sites excluding steroid dienone is 1. The van der Waals surface area contributed by atoms with E-state index in [2.05, 4.69) is 11.6 Å². The number of carbonyl (C=O) groups is 1. The predicted molar refractivity (Wildman–Crippen MR) is 54.8 cm³/mol. The van der Waals surface area contributed by atoms with Gasteiger partial charge in [0, 0.05) is 6.20 Å². The van der Waals surface area contributed by atoms with E-state index in [9.17, 15) is 4.79 Å². The molecular formula is C11H15NO. The van der Waals surface area contributed by atoms with E-state index in [0.29, 0.717) is 5.69 Å². The van der Waals surface area contributed by atoms with Crippen LogP contribution >= 0.6 is 0 Å². The minimum absolute atomic E-state index is 0.122. The lowest BCUT2D eigenvalue weighted by Crippen LogP contribution is -1.99. The van der Waals surface area contributed by atoms with E-state index in [1.165, 1.54) is 6.08 Å². The van der Waals surface area contributed by atoms with Crippen LogP contribution in [0.2, 0.25) is 0 Å². The number of aryl methyl sites for hydroxylation is 1. The summed E-state index contributed by atoms with van der Waals surface area (Å²) in [6.07, 6.45) is 2.87. The number of pyridine rings is 1. The van der Waals surface area contributed by atoms with Gasteiger partial charge in [0.25, 0.3) is 0 Å². The molecule has 0 atom stereocenters. The van der Waals surface area contributed by atoms with Crippen molar-refractivity contribution in [3.8, 4) is 0 Å². The Labute approximate surface area is 79.3 Å². The van der Waals surface area contributed by atoms with Crippen LogP contribution < -0.4 is 0 Å². The minimum Gasteiger partial charge on any atom is -0.288 e. The summed E-state index contributed by atoms with van der Waals surface area (Å²) in [5.74, 6) is -0.122. The van der Waals surface area contributed by atoms with Gasteiger partial charge < -0.3 is 0 Å². The summed E-state index contributed by atoms with van der Waals surface area (Å²) < 4.78 is 0. The van der Waals surface area contributed by atoms with E-state index in [0.717, 1.165) is 5.56 Å². The molecule has 1 aromatic rings. The highest BCUT2D eigenvalue weighted by Crippen LogP contribution is 2.03. The topological polar surface area (TPSA) is 30.0 Å². The summed E-state index contributed by atoms with van der Waals surface area (Å²) in [4.78, 5) is 15.0. The molecule has 0 fully saturated rings. The fraction of sp³-hybridized carbons (Fsp3) is 0.273. The van der Waals surface area contributed by atoms with Gasteiger partial charge in [0.15, 0.2) is 0 Å². The Morgan fingerprint density at radius 1 is 1.54 bits per heavy atom. The van der Waals surface area contributed by atoms with Gasteiger partial charge in [-0.05, 0) is 24.6 Å². The Balaban J connectivity index is 0.000000671. The molecule has 0 saturated heterocycles. The maximum atomic E-state index is 11.1. The third-order valence-corrected chi connectivity index (χ3v) is 1.43. The average molecular weight is 177 g/mol. The second-order valence-corrected chi connectivity index (χ2v) is 2.24. The van der Waals surface area contributed by atoms with Crippen molar-refractivity contribution in [3.05, 3.63) is 42.2 Å². The second kappa shape index (κ2) is 6.12. The standard InChI is InChI=1S/C9H9NO.C2H6/c1-3-8(11)9-7(2)5-4-6-10-9;1-2/h3-6H,1H2,2H3;1-2H3. The van der Waals surface area contributed by atoms with Crippen LogP contribution in [0.5, 0.6) is 0 Å². The lowest BCUT2D eigenvalue weighted by Gasteiger charge is -1.97. The van der Waals surface area contributed by atoms with Crippen molar-refractivity contribution in [2.75, 3.05) is 0 Å². The number of rotatable bonds is 2. The van der Waals surface area contributed by atoms with Gasteiger partial charge in [-0.25, -0.2) is 0 Å². The third-order valence-electron chi connectivity index (χ3n) is 1.43. The zero-order valence-corrected chi connectivity index (χ0v) is 8.37. The number of carbonyl (C=O) groups excluding carboxylic acids is 1. The van der Waals surface area contributed by atoms with Gasteiger partial charge in [-0.15, -0.1) is 0 Å². The number of aromatic nitrogens is 1. The maximum absolute atomic E-state index is 11.1. The first kappa shape index (κ1) is 11.6. The largest absolute Gasteiger partial charge is 0.288 e. The quantitative estimate of drug-likeness (QED) is 0.513. The first-order chi connectivity index (χ1) is 6.25. The van der Waals surface area contributed by atoms with Gasteiger partial charge in [-0.2, -0.15) is 0 Å². The molecule has 0 aliphatic rings. The predicted octanol–water partition coefficient (Wildman–Crippen LogP) is 2.78. The highest BCUT2D eigenvalue weighted by molar-refractivity contribution is 6.03. The van der Waals surface area contributed by atoms with E-state index in [1.54, 1.807) is 12.3 Å². The van der Waals surface area contributed by atoms with Crippen LogP contribution in [0, 0.1) is 6.92 Å². The molecule has 0 N–H and O–H groups in total. The van der Waals surface area contributed by atoms with Crippen LogP contribution in [0.1, 0.15) is 29.9 Å². The SMILES string of the molecule is C=CC(=O)c1ncccc1C.CC. The monoisotopic (exact) mass is 177 g/mol. The molecule has 1 rings (SSSR count). The molecule has 1 aromatic heterocycles. The highest BCUT2D eigenvalue weighted by Gasteiger charge is 2.03. The first-order valence-corrected chi connectivity index (χ1v) is 4.34. The summed E-state index contributed by atoms with van der Waals surface area (Å²) in [5, 5.41) is 0. The van der Waals surface area contributed by atoms with Crippen molar-refractivity contribution in [3.63, 3.8) is 0 Å². The first-order valence-electron chi connectivity index (χ1n) is 4.34. The summed E-state index contributed by atoms with van der Waals surface area (Å²) in [6.45, 7) is 9.24. The lowest BCUT2D eigenvalue weighted by molar-refractivity contribution is 0.104. The number of hydrogen-bond donors (Lipinski definition) is 0. The fourth-order valence-electron chi connectivity index (χ4n) is 0.840. The summed E-state index contributed by atoms with van der Waals surface area (Å²) in [7, 11) is 0. The van der Waals surface area contributed by atoms with E-state index < -0.39 is 0 Å².